The Labute approximate surface area is 91.8 Å². The Morgan fingerprint density at radius 3 is 2.59 bits per heavy atom. The van der Waals surface area contributed by atoms with E-state index in [2.05, 4.69) is 0 Å². The number of pyridine rings is 1. The van der Waals surface area contributed by atoms with Gasteiger partial charge >= 0.3 is 17.2 Å². The summed E-state index contributed by atoms with van der Waals surface area (Å²) in [5.74, 6) is -1.46. The first-order valence-corrected chi connectivity index (χ1v) is 4.23. The fourth-order valence-corrected chi connectivity index (χ4v) is 1.24. The zero-order valence-electron chi connectivity index (χ0n) is 8.15. The minimum absolute atomic E-state index is 0.554. The van der Waals surface area contributed by atoms with Gasteiger partial charge in [0.1, 0.15) is 0 Å². The summed E-state index contributed by atoms with van der Waals surface area (Å²) in [7, 11) is 0. The molecule has 9 heteroatoms. The molecule has 0 saturated carbocycles. The molecule has 1 rings (SSSR count). The van der Waals surface area contributed by atoms with Crippen molar-refractivity contribution in [2.45, 2.75) is 12.8 Å². The zero-order chi connectivity index (χ0) is 13.2. The average Bonchev–Trinajstić information content (AvgIpc) is 2.14. The number of nitro groups is 1. The van der Waals surface area contributed by atoms with E-state index in [4.69, 9.17) is 5.11 Å². The van der Waals surface area contributed by atoms with Gasteiger partial charge in [-0.3, -0.25) is 19.7 Å². The number of H-pyrrole nitrogens is 1. The molecule has 0 spiro atoms. The maximum atomic E-state index is 12.3. The van der Waals surface area contributed by atoms with Gasteiger partial charge in [0, 0.05) is 5.56 Å². The van der Waals surface area contributed by atoms with E-state index in [1.807, 2.05) is 0 Å². The highest BCUT2D eigenvalue weighted by atomic mass is 19.3. The monoisotopic (exact) mass is 248 g/mol. The van der Waals surface area contributed by atoms with E-state index in [9.17, 15) is 28.5 Å². The van der Waals surface area contributed by atoms with Gasteiger partial charge in [-0.2, -0.15) is 0 Å². The summed E-state index contributed by atoms with van der Waals surface area (Å²) in [6, 6.07) is 0.609. The number of carboxylic acids is 1. The molecule has 1 heterocycles. The topological polar surface area (TPSA) is 113 Å². The first-order valence-electron chi connectivity index (χ1n) is 4.23. The van der Waals surface area contributed by atoms with Gasteiger partial charge in [0.15, 0.2) is 0 Å². The summed E-state index contributed by atoms with van der Waals surface area (Å²) in [5.41, 5.74) is -3.78. The fourth-order valence-electron chi connectivity index (χ4n) is 1.24. The predicted octanol–water partition coefficient (Wildman–Crippen LogP) is 0.848. The standard InChI is InChI=1S/C8H6F2N2O5/c9-7(10)4-1-3(2-5(13)14)6(12(16)17)8(15)11-4/h1,7H,2H2,(H,11,15)(H,13,14). The molecule has 0 bridgehead atoms. The summed E-state index contributed by atoms with van der Waals surface area (Å²) in [5, 5.41) is 19.0. The van der Waals surface area contributed by atoms with E-state index in [1.54, 1.807) is 4.98 Å². The second-order valence-corrected chi connectivity index (χ2v) is 3.06. The lowest BCUT2D eigenvalue weighted by molar-refractivity contribution is -0.387. The highest BCUT2D eigenvalue weighted by Gasteiger charge is 2.24. The minimum atomic E-state index is -3.05. The lowest BCUT2D eigenvalue weighted by Gasteiger charge is -2.03. The molecule has 0 aliphatic heterocycles. The number of alkyl halides is 2. The van der Waals surface area contributed by atoms with Gasteiger partial charge in [0.05, 0.1) is 17.0 Å². The third-order valence-electron chi connectivity index (χ3n) is 1.87. The van der Waals surface area contributed by atoms with Crippen molar-refractivity contribution in [3.05, 3.63) is 37.8 Å². The first-order chi connectivity index (χ1) is 7.82. The molecule has 1 aromatic heterocycles. The van der Waals surface area contributed by atoms with E-state index >= 15 is 0 Å². The number of halogens is 2. The summed E-state index contributed by atoms with van der Waals surface area (Å²) < 4.78 is 24.6. The molecule has 0 amide bonds. The van der Waals surface area contributed by atoms with E-state index < -0.39 is 46.2 Å². The largest absolute Gasteiger partial charge is 0.481 e. The molecule has 0 aliphatic rings. The molecule has 2 N–H and O–H groups in total. The maximum Gasteiger partial charge on any atom is 0.337 e. The van der Waals surface area contributed by atoms with Crippen LogP contribution in [0.3, 0.4) is 0 Å². The molecule has 0 unspecified atom stereocenters. The molecule has 1 aromatic rings. The van der Waals surface area contributed by atoms with Crippen LogP contribution in [0.2, 0.25) is 0 Å². The van der Waals surface area contributed by atoms with Crippen molar-refractivity contribution in [1.29, 1.82) is 0 Å². The van der Waals surface area contributed by atoms with Crippen LogP contribution >= 0.6 is 0 Å². The highest BCUT2D eigenvalue weighted by Crippen LogP contribution is 2.21. The number of nitrogens with one attached hydrogen (secondary N) is 1. The van der Waals surface area contributed by atoms with E-state index in [1.165, 1.54) is 0 Å². The molecule has 7 nitrogen and oxygen atoms in total. The predicted molar refractivity (Wildman–Crippen MR) is 50.0 cm³/mol. The van der Waals surface area contributed by atoms with Crippen molar-refractivity contribution in [3.63, 3.8) is 0 Å². The smallest absolute Gasteiger partial charge is 0.337 e. The zero-order valence-corrected chi connectivity index (χ0v) is 8.15. The number of hydrogen-bond donors (Lipinski definition) is 2. The average molecular weight is 248 g/mol. The Morgan fingerprint density at radius 2 is 2.18 bits per heavy atom. The van der Waals surface area contributed by atoms with Crippen molar-refractivity contribution in [3.8, 4) is 0 Å². The molecule has 17 heavy (non-hydrogen) atoms. The molecule has 0 aliphatic carbocycles. The molecular weight excluding hydrogens is 242 g/mol. The van der Waals surface area contributed by atoms with Crippen LogP contribution in [0.25, 0.3) is 0 Å². The van der Waals surface area contributed by atoms with Gasteiger partial charge < -0.3 is 10.1 Å². The Balaban J connectivity index is 3.44. The Morgan fingerprint density at radius 1 is 1.59 bits per heavy atom. The molecule has 0 radical (unpaired) electrons. The summed E-state index contributed by atoms with van der Waals surface area (Å²) in [6.07, 6.45) is -3.92. The van der Waals surface area contributed by atoms with Gasteiger partial charge in [-0.25, -0.2) is 8.78 Å². The molecule has 0 fully saturated rings. The Bertz CT molecular complexity index is 525. The number of nitrogens with zero attached hydrogens (tertiary/aromatic N) is 1. The molecule has 0 saturated heterocycles. The van der Waals surface area contributed by atoms with E-state index in [0.717, 1.165) is 0 Å². The normalized spacial score (nSPS) is 10.5. The van der Waals surface area contributed by atoms with Crippen molar-refractivity contribution in [2.75, 3.05) is 0 Å². The quantitative estimate of drug-likeness (QED) is 0.605. The van der Waals surface area contributed by atoms with Crippen LogP contribution < -0.4 is 5.56 Å². The van der Waals surface area contributed by atoms with E-state index in [-0.39, 0.29) is 0 Å². The molecule has 0 aromatic carbocycles. The van der Waals surface area contributed by atoms with Crippen molar-refractivity contribution >= 4 is 11.7 Å². The van der Waals surface area contributed by atoms with Crippen LogP contribution in [0.5, 0.6) is 0 Å². The third kappa shape index (κ3) is 2.83. The number of rotatable bonds is 4. The SMILES string of the molecule is O=C(O)Cc1cc(C(F)F)[nH]c(=O)c1[N+](=O)[O-]. The maximum absolute atomic E-state index is 12.3. The van der Waals surface area contributed by atoms with Gasteiger partial charge in [0.25, 0.3) is 6.43 Å². The lowest BCUT2D eigenvalue weighted by Crippen LogP contribution is -2.18. The van der Waals surface area contributed by atoms with Gasteiger partial charge in [0.2, 0.25) is 0 Å². The van der Waals surface area contributed by atoms with Crippen molar-refractivity contribution in [1.82, 2.24) is 4.98 Å². The molecule has 92 valence electrons. The summed E-state index contributed by atoms with van der Waals surface area (Å²) in [4.78, 5) is 32.6. The number of aromatic nitrogens is 1. The van der Waals surface area contributed by atoms with Gasteiger partial charge in [-0.1, -0.05) is 0 Å². The van der Waals surface area contributed by atoms with Crippen molar-refractivity contribution in [2.24, 2.45) is 0 Å². The number of hydrogen-bond acceptors (Lipinski definition) is 4. The lowest BCUT2D eigenvalue weighted by atomic mass is 10.1. The highest BCUT2D eigenvalue weighted by molar-refractivity contribution is 5.71. The summed E-state index contributed by atoms with van der Waals surface area (Å²) in [6.45, 7) is 0. The van der Waals surface area contributed by atoms with Crippen LogP contribution in [0, 0.1) is 10.1 Å². The van der Waals surface area contributed by atoms with Crippen LogP contribution in [0.1, 0.15) is 17.7 Å². The second-order valence-electron chi connectivity index (χ2n) is 3.06. The van der Waals surface area contributed by atoms with Gasteiger partial charge in [-0.05, 0) is 6.07 Å². The van der Waals surface area contributed by atoms with Crippen molar-refractivity contribution < 1.29 is 23.6 Å². The van der Waals surface area contributed by atoms with E-state index in [0.29, 0.717) is 6.07 Å². The third-order valence-corrected chi connectivity index (χ3v) is 1.87. The van der Waals surface area contributed by atoms with Crippen LogP contribution in [0.4, 0.5) is 14.5 Å². The Kier molecular flexibility index (Phi) is 3.51. The molecule has 0 atom stereocenters. The number of carbonyl (C=O) groups is 1. The van der Waals surface area contributed by atoms with Crippen LogP contribution in [-0.2, 0) is 11.2 Å². The summed E-state index contributed by atoms with van der Waals surface area (Å²) >= 11 is 0. The second kappa shape index (κ2) is 4.68. The minimum Gasteiger partial charge on any atom is -0.481 e. The Hall–Kier alpha value is -2.32. The molecular formula is C8H6F2N2O5. The van der Waals surface area contributed by atoms with Gasteiger partial charge in [-0.15, -0.1) is 0 Å². The number of carboxylic acid groups (broad SMARTS) is 1. The first kappa shape index (κ1) is 12.7. The van der Waals surface area contributed by atoms with Crippen LogP contribution in [-0.4, -0.2) is 21.0 Å². The fraction of sp³-hybridized carbons (Fsp3) is 0.250. The van der Waals surface area contributed by atoms with Crippen LogP contribution in [0.15, 0.2) is 10.9 Å². The number of aromatic amines is 1. The number of aliphatic carboxylic acids is 1.